The molecule has 0 aliphatic heterocycles. The zero-order valence-electron chi connectivity index (χ0n) is 7.59. The van der Waals surface area contributed by atoms with Crippen LogP contribution in [0.4, 0.5) is 0 Å². The van der Waals surface area contributed by atoms with Gasteiger partial charge in [0.05, 0.1) is 13.6 Å². The summed E-state index contributed by atoms with van der Waals surface area (Å²) >= 11 is 0. The molecule has 1 aromatic carbocycles. The van der Waals surface area contributed by atoms with E-state index in [4.69, 9.17) is 0 Å². The molecular weight excluding hydrogens is 146 g/mol. The smallest absolute Gasteiger partial charge is 0.103 e. The van der Waals surface area contributed by atoms with Crippen LogP contribution in [0.15, 0.2) is 43.0 Å². The van der Waals surface area contributed by atoms with Gasteiger partial charge in [-0.25, -0.2) is 0 Å². The topological polar surface area (TPSA) is 4.44 Å². The number of benzene rings is 1. The lowest BCUT2D eigenvalue weighted by Crippen LogP contribution is -3.07. The minimum Gasteiger partial charge on any atom is -0.330 e. The van der Waals surface area contributed by atoms with E-state index in [0.717, 1.165) is 13.1 Å². The van der Waals surface area contributed by atoms with Crippen LogP contribution in [-0.2, 0) is 6.54 Å². The molecule has 0 aromatic heterocycles. The average molecular weight is 162 g/mol. The van der Waals surface area contributed by atoms with Gasteiger partial charge in [-0.15, -0.1) is 0 Å². The summed E-state index contributed by atoms with van der Waals surface area (Å²) in [6, 6.07) is 10.5. The molecule has 12 heavy (non-hydrogen) atoms. The van der Waals surface area contributed by atoms with Crippen LogP contribution in [0, 0.1) is 0 Å². The van der Waals surface area contributed by atoms with E-state index >= 15 is 0 Å². The quantitative estimate of drug-likeness (QED) is 0.627. The van der Waals surface area contributed by atoms with Crippen molar-refractivity contribution < 1.29 is 4.90 Å². The van der Waals surface area contributed by atoms with Crippen molar-refractivity contribution in [2.75, 3.05) is 13.6 Å². The standard InChI is InChI=1S/C11H15N/c1-3-9-12(2)10-11-7-5-4-6-8-11/h3-8H,1,9-10H2,2H3/p+1. The largest absolute Gasteiger partial charge is 0.330 e. The highest BCUT2D eigenvalue weighted by molar-refractivity contribution is 5.13. The molecule has 1 heteroatoms. The summed E-state index contributed by atoms with van der Waals surface area (Å²) in [5.41, 5.74) is 1.39. The zero-order chi connectivity index (χ0) is 8.81. The van der Waals surface area contributed by atoms with Gasteiger partial charge in [-0.2, -0.15) is 0 Å². The van der Waals surface area contributed by atoms with Crippen LogP contribution in [0.3, 0.4) is 0 Å². The first-order valence-electron chi connectivity index (χ1n) is 4.29. The van der Waals surface area contributed by atoms with Gasteiger partial charge in [-0.1, -0.05) is 36.9 Å². The fourth-order valence-electron chi connectivity index (χ4n) is 1.26. The maximum Gasteiger partial charge on any atom is 0.103 e. The third-order valence-corrected chi connectivity index (χ3v) is 1.84. The van der Waals surface area contributed by atoms with Gasteiger partial charge >= 0.3 is 0 Å². The Morgan fingerprint density at radius 1 is 1.33 bits per heavy atom. The predicted molar refractivity (Wildman–Crippen MR) is 52.1 cm³/mol. The number of likely N-dealkylation sites (N-methyl/N-ethyl adjacent to an activating group) is 1. The summed E-state index contributed by atoms with van der Waals surface area (Å²) in [6.45, 7) is 5.82. The lowest BCUT2D eigenvalue weighted by Gasteiger charge is -2.10. The normalized spacial score (nSPS) is 12.4. The van der Waals surface area contributed by atoms with E-state index in [0.29, 0.717) is 0 Å². The van der Waals surface area contributed by atoms with Gasteiger partial charge in [0.25, 0.3) is 0 Å². The summed E-state index contributed by atoms with van der Waals surface area (Å²) in [4.78, 5) is 1.47. The van der Waals surface area contributed by atoms with Crippen molar-refractivity contribution in [3.05, 3.63) is 48.6 Å². The minimum atomic E-state index is 1.02. The molecule has 0 saturated carbocycles. The second-order valence-corrected chi connectivity index (χ2v) is 3.11. The van der Waals surface area contributed by atoms with Gasteiger partial charge in [-0.3, -0.25) is 0 Å². The molecule has 0 aliphatic rings. The molecule has 0 fully saturated rings. The Kier molecular flexibility index (Phi) is 3.55. The van der Waals surface area contributed by atoms with Gasteiger partial charge in [0.2, 0.25) is 0 Å². The van der Waals surface area contributed by atoms with Crippen molar-refractivity contribution in [3.63, 3.8) is 0 Å². The van der Waals surface area contributed by atoms with Crippen molar-refractivity contribution in [1.29, 1.82) is 0 Å². The Labute approximate surface area is 74.3 Å². The van der Waals surface area contributed by atoms with Crippen LogP contribution in [0.2, 0.25) is 0 Å². The highest BCUT2D eigenvalue weighted by atomic mass is 15.1. The fraction of sp³-hybridized carbons (Fsp3) is 0.273. The Morgan fingerprint density at radius 3 is 2.58 bits per heavy atom. The molecule has 1 aromatic rings. The third kappa shape index (κ3) is 2.89. The second-order valence-electron chi connectivity index (χ2n) is 3.11. The first-order chi connectivity index (χ1) is 5.83. The number of nitrogens with one attached hydrogen (secondary N) is 1. The van der Waals surface area contributed by atoms with E-state index in [1.807, 2.05) is 12.1 Å². The summed E-state index contributed by atoms with van der Waals surface area (Å²) in [5.74, 6) is 0. The molecule has 0 heterocycles. The molecular formula is C11H16N+. The first kappa shape index (κ1) is 9.01. The van der Waals surface area contributed by atoms with E-state index in [1.54, 1.807) is 0 Å². The fourth-order valence-corrected chi connectivity index (χ4v) is 1.26. The van der Waals surface area contributed by atoms with Crippen LogP contribution < -0.4 is 4.90 Å². The summed E-state index contributed by atoms with van der Waals surface area (Å²) in [7, 11) is 2.18. The molecule has 1 rings (SSSR count). The van der Waals surface area contributed by atoms with Crippen LogP contribution in [0.5, 0.6) is 0 Å². The molecule has 0 amide bonds. The average Bonchev–Trinajstić information content (AvgIpc) is 2.06. The first-order valence-corrected chi connectivity index (χ1v) is 4.29. The number of rotatable bonds is 4. The van der Waals surface area contributed by atoms with Gasteiger partial charge in [0.1, 0.15) is 6.54 Å². The second kappa shape index (κ2) is 4.73. The lowest BCUT2D eigenvalue weighted by molar-refractivity contribution is -0.887. The van der Waals surface area contributed by atoms with Crippen LogP contribution in [0.25, 0.3) is 0 Å². The maximum atomic E-state index is 3.72. The SMILES string of the molecule is C=CC[NH+](C)Cc1ccccc1. The molecule has 0 radical (unpaired) electrons. The molecule has 1 unspecified atom stereocenters. The molecule has 0 aliphatic carbocycles. The Hall–Kier alpha value is -1.08. The van der Waals surface area contributed by atoms with E-state index in [-0.39, 0.29) is 0 Å². The number of hydrogen-bond acceptors (Lipinski definition) is 0. The van der Waals surface area contributed by atoms with Crippen molar-refractivity contribution in [3.8, 4) is 0 Å². The lowest BCUT2D eigenvalue weighted by atomic mass is 10.2. The monoisotopic (exact) mass is 162 g/mol. The molecule has 64 valence electrons. The maximum absolute atomic E-state index is 3.72. The number of hydrogen-bond donors (Lipinski definition) is 1. The van der Waals surface area contributed by atoms with Gasteiger partial charge in [0.15, 0.2) is 0 Å². The van der Waals surface area contributed by atoms with Crippen molar-refractivity contribution in [1.82, 2.24) is 0 Å². The Morgan fingerprint density at radius 2 is 2.00 bits per heavy atom. The Balaban J connectivity index is 2.46. The molecule has 0 saturated heterocycles. The van der Waals surface area contributed by atoms with Crippen molar-refractivity contribution >= 4 is 0 Å². The molecule has 0 spiro atoms. The molecule has 1 N–H and O–H groups in total. The van der Waals surface area contributed by atoms with Crippen LogP contribution >= 0.6 is 0 Å². The summed E-state index contributed by atoms with van der Waals surface area (Å²) in [5, 5.41) is 0. The van der Waals surface area contributed by atoms with E-state index in [9.17, 15) is 0 Å². The minimum absolute atomic E-state index is 1.02. The summed E-state index contributed by atoms with van der Waals surface area (Å²) < 4.78 is 0. The molecule has 1 atom stereocenters. The predicted octanol–water partition coefficient (Wildman–Crippen LogP) is 0.887. The van der Waals surface area contributed by atoms with Crippen LogP contribution in [0.1, 0.15) is 5.56 Å². The summed E-state index contributed by atoms with van der Waals surface area (Å²) in [6.07, 6.45) is 1.96. The van der Waals surface area contributed by atoms with Crippen molar-refractivity contribution in [2.24, 2.45) is 0 Å². The van der Waals surface area contributed by atoms with E-state index < -0.39 is 0 Å². The zero-order valence-corrected chi connectivity index (χ0v) is 7.59. The van der Waals surface area contributed by atoms with Gasteiger partial charge in [-0.05, 0) is 6.08 Å². The molecule has 0 bridgehead atoms. The third-order valence-electron chi connectivity index (χ3n) is 1.84. The van der Waals surface area contributed by atoms with Crippen molar-refractivity contribution in [2.45, 2.75) is 6.54 Å². The highest BCUT2D eigenvalue weighted by Crippen LogP contribution is 1.94. The van der Waals surface area contributed by atoms with E-state index in [2.05, 4.69) is 37.9 Å². The highest BCUT2D eigenvalue weighted by Gasteiger charge is 1.98. The number of quaternary nitrogens is 1. The van der Waals surface area contributed by atoms with Crippen LogP contribution in [-0.4, -0.2) is 13.6 Å². The van der Waals surface area contributed by atoms with E-state index in [1.165, 1.54) is 10.5 Å². The van der Waals surface area contributed by atoms with Gasteiger partial charge < -0.3 is 4.90 Å². The Bertz CT molecular complexity index is 228. The van der Waals surface area contributed by atoms with Gasteiger partial charge in [0, 0.05) is 5.56 Å². The molecule has 1 nitrogen and oxygen atoms in total.